The van der Waals surface area contributed by atoms with E-state index in [-0.39, 0.29) is 0 Å². The Morgan fingerprint density at radius 2 is 2.08 bits per heavy atom. The van der Waals surface area contributed by atoms with Crippen LogP contribution in [-0.2, 0) is 0 Å². The van der Waals surface area contributed by atoms with Gasteiger partial charge in [0.15, 0.2) is 0 Å². The van der Waals surface area contributed by atoms with Gasteiger partial charge in [-0.15, -0.1) is 0 Å². The summed E-state index contributed by atoms with van der Waals surface area (Å²) in [5.74, 6) is 0.940. The van der Waals surface area contributed by atoms with Gasteiger partial charge in [0.1, 0.15) is 5.75 Å². The van der Waals surface area contributed by atoms with E-state index >= 15 is 0 Å². The molecule has 0 bridgehead atoms. The van der Waals surface area contributed by atoms with Crippen molar-refractivity contribution in [1.29, 1.82) is 0 Å². The van der Waals surface area contributed by atoms with Crippen molar-refractivity contribution in [2.24, 2.45) is 0 Å². The van der Waals surface area contributed by atoms with Crippen LogP contribution in [0.25, 0.3) is 0 Å². The lowest BCUT2D eigenvalue weighted by Gasteiger charge is -2.11. The van der Waals surface area contributed by atoms with Gasteiger partial charge >= 0.3 is 0 Å². The molecule has 0 aliphatic rings. The molecule has 2 heteroatoms. The van der Waals surface area contributed by atoms with Crippen LogP contribution in [0.15, 0.2) is 18.2 Å². The van der Waals surface area contributed by atoms with Crippen LogP contribution in [0.5, 0.6) is 5.75 Å². The van der Waals surface area contributed by atoms with Crippen LogP contribution in [0.2, 0.25) is 0 Å². The lowest BCUT2D eigenvalue weighted by Crippen LogP contribution is -2.01. The normalized spacial score (nSPS) is 9.77. The number of hydrogen-bond acceptors (Lipinski definition) is 2. The summed E-state index contributed by atoms with van der Waals surface area (Å²) in [6, 6.07) is 6.18. The van der Waals surface area contributed by atoms with E-state index in [0.29, 0.717) is 6.61 Å². The Balaban J connectivity index is 2.89. The zero-order valence-corrected chi connectivity index (χ0v) is 8.55. The third-order valence-corrected chi connectivity index (χ3v) is 1.80. The first-order valence-corrected chi connectivity index (χ1v) is 4.75. The standard InChI is InChI=1S/C11H17NO/c1-4-12-10-8-9(3)6-7-11(10)13-5-2/h6-8,12H,4-5H2,1-3H3. The Bertz CT molecular complexity index is 271. The van der Waals surface area contributed by atoms with Gasteiger partial charge in [0.05, 0.1) is 12.3 Å². The van der Waals surface area contributed by atoms with Crippen LogP contribution in [-0.4, -0.2) is 13.2 Å². The Morgan fingerprint density at radius 3 is 2.69 bits per heavy atom. The maximum atomic E-state index is 5.48. The molecule has 0 amide bonds. The monoisotopic (exact) mass is 179 g/mol. The van der Waals surface area contributed by atoms with Gasteiger partial charge in [-0.2, -0.15) is 0 Å². The minimum atomic E-state index is 0.710. The molecule has 1 aromatic rings. The Hall–Kier alpha value is -1.18. The van der Waals surface area contributed by atoms with Crippen molar-refractivity contribution in [2.75, 3.05) is 18.5 Å². The average molecular weight is 179 g/mol. The van der Waals surface area contributed by atoms with Gasteiger partial charge < -0.3 is 10.1 Å². The van der Waals surface area contributed by atoms with Gasteiger partial charge in [-0.05, 0) is 38.5 Å². The molecule has 0 saturated heterocycles. The third-order valence-electron chi connectivity index (χ3n) is 1.80. The van der Waals surface area contributed by atoms with Crippen molar-refractivity contribution >= 4 is 5.69 Å². The fourth-order valence-corrected chi connectivity index (χ4v) is 1.25. The minimum absolute atomic E-state index is 0.710. The highest BCUT2D eigenvalue weighted by Crippen LogP contribution is 2.25. The fraction of sp³-hybridized carbons (Fsp3) is 0.455. The molecule has 0 spiro atoms. The Morgan fingerprint density at radius 1 is 1.31 bits per heavy atom. The zero-order valence-electron chi connectivity index (χ0n) is 8.55. The summed E-state index contributed by atoms with van der Waals surface area (Å²) < 4.78 is 5.48. The van der Waals surface area contributed by atoms with Crippen LogP contribution < -0.4 is 10.1 Å². The summed E-state index contributed by atoms with van der Waals surface area (Å²) in [7, 11) is 0. The summed E-state index contributed by atoms with van der Waals surface area (Å²) in [5, 5.41) is 3.28. The summed E-state index contributed by atoms with van der Waals surface area (Å²) >= 11 is 0. The summed E-state index contributed by atoms with van der Waals surface area (Å²) in [6.07, 6.45) is 0. The van der Waals surface area contributed by atoms with Gasteiger partial charge in [0.2, 0.25) is 0 Å². The second-order valence-electron chi connectivity index (χ2n) is 2.96. The van der Waals surface area contributed by atoms with Crippen LogP contribution in [0.1, 0.15) is 19.4 Å². The average Bonchev–Trinajstić information content (AvgIpc) is 2.10. The highest BCUT2D eigenvalue weighted by molar-refractivity contribution is 5.57. The van der Waals surface area contributed by atoms with Crippen molar-refractivity contribution in [1.82, 2.24) is 0 Å². The van der Waals surface area contributed by atoms with Crippen LogP contribution in [0, 0.1) is 6.92 Å². The summed E-state index contributed by atoms with van der Waals surface area (Å²) in [6.45, 7) is 7.79. The number of rotatable bonds is 4. The van der Waals surface area contributed by atoms with E-state index in [4.69, 9.17) is 4.74 Å². The molecule has 0 fully saturated rings. The molecular weight excluding hydrogens is 162 g/mol. The maximum Gasteiger partial charge on any atom is 0.142 e. The first-order valence-electron chi connectivity index (χ1n) is 4.75. The molecule has 1 N–H and O–H groups in total. The van der Waals surface area contributed by atoms with Crippen molar-refractivity contribution in [3.8, 4) is 5.75 Å². The van der Waals surface area contributed by atoms with Crippen molar-refractivity contribution < 1.29 is 4.74 Å². The molecule has 72 valence electrons. The molecule has 0 aliphatic carbocycles. The Labute approximate surface area is 79.9 Å². The van der Waals surface area contributed by atoms with Gasteiger partial charge in [-0.25, -0.2) is 0 Å². The number of hydrogen-bond donors (Lipinski definition) is 1. The van der Waals surface area contributed by atoms with Crippen LogP contribution in [0.4, 0.5) is 5.69 Å². The second kappa shape index (κ2) is 4.75. The molecule has 1 rings (SSSR count). The molecule has 1 aromatic carbocycles. The van der Waals surface area contributed by atoms with Gasteiger partial charge in [0, 0.05) is 6.54 Å². The second-order valence-corrected chi connectivity index (χ2v) is 2.96. The molecule has 0 heterocycles. The Kier molecular flexibility index (Phi) is 3.62. The largest absolute Gasteiger partial charge is 0.492 e. The highest BCUT2D eigenvalue weighted by Gasteiger charge is 2.01. The lowest BCUT2D eigenvalue weighted by atomic mass is 10.2. The third kappa shape index (κ3) is 2.65. The van der Waals surface area contributed by atoms with E-state index in [1.54, 1.807) is 0 Å². The zero-order chi connectivity index (χ0) is 9.68. The summed E-state index contributed by atoms with van der Waals surface area (Å²) in [4.78, 5) is 0. The van der Waals surface area contributed by atoms with Gasteiger partial charge in [0.25, 0.3) is 0 Å². The number of anilines is 1. The lowest BCUT2D eigenvalue weighted by molar-refractivity contribution is 0.341. The molecular formula is C11H17NO. The van der Waals surface area contributed by atoms with Crippen LogP contribution in [0.3, 0.4) is 0 Å². The quantitative estimate of drug-likeness (QED) is 0.767. The smallest absolute Gasteiger partial charge is 0.142 e. The number of benzene rings is 1. The number of nitrogens with one attached hydrogen (secondary N) is 1. The molecule has 0 unspecified atom stereocenters. The van der Waals surface area contributed by atoms with E-state index in [0.717, 1.165) is 18.0 Å². The maximum absolute atomic E-state index is 5.48. The first-order chi connectivity index (χ1) is 6.27. The molecule has 2 nitrogen and oxygen atoms in total. The van der Waals surface area contributed by atoms with E-state index in [9.17, 15) is 0 Å². The fourth-order valence-electron chi connectivity index (χ4n) is 1.25. The van der Waals surface area contributed by atoms with E-state index in [2.05, 4.69) is 31.3 Å². The molecule has 0 saturated carbocycles. The topological polar surface area (TPSA) is 21.3 Å². The van der Waals surface area contributed by atoms with Crippen molar-refractivity contribution in [2.45, 2.75) is 20.8 Å². The molecule has 0 radical (unpaired) electrons. The predicted octanol–water partition coefficient (Wildman–Crippen LogP) is 2.83. The highest BCUT2D eigenvalue weighted by atomic mass is 16.5. The van der Waals surface area contributed by atoms with Crippen molar-refractivity contribution in [3.63, 3.8) is 0 Å². The van der Waals surface area contributed by atoms with E-state index in [1.807, 2.05) is 13.0 Å². The predicted molar refractivity (Wildman–Crippen MR) is 56.5 cm³/mol. The SMILES string of the molecule is CCNc1cc(C)ccc1OCC. The molecule has 0 aromatic heterocycles. The molecule has 0 aliphatic heterocycles. The minimum Gasteiger partial charge on any atom is -0.492 e. The van der Waals surface area contributed by atoms with Crippen LogP contribution >= 0.6 is 0 Å². The molecule has 13 heavy (non-hydrogen) atoms. The van der Waals surface area contributed by atoms with Gasteiger partial charge in [-0.3, -0.25) is 0 Å². The van der Waals surface area contributed by atoms with E-state index < -0.39 is 0 Å². The number of ether oxygens (including phenoxy) is 1. The van der Waals surface area contributed by atoms with E-state index in [1.165, 1.54) is 5.56 Å². The number of aryl methyl sites for hydroxylation is 1. The summed E-state index contributed by atoms with van der Waals surface area (Å²) in [5.41, 5.74) is 2.34. The first kappa shape index (κ1) is 9.90. The van der Waals surface area contributed by atoms with Crippen molar-refractivity contribution in [3.05, 3.63) is 23.8 Å². The molecule has 0 atom stereocenters. The van der Waals surface area contributed by atoms with Gasteiger partial charge in [-0.1, -0.05) is 6.07 Å².